The number of amides is 1. The number of hydrogen-bond acceptors (Lipinski definition) is 3. The number of piperidine rings is 1. The zero-order valence-corrected chi connectivity index (χ0v) is 15.6. The van der Waals surface area contributed by atoms with E-state index >= 15 is 0 Å². The first kappa shape index (κ1) is 19.8. The van der Waals surface area contributed by atoms with E-state index in [9.17, 15) is 4.79 Å². The number of carbonyl (C=O) groups excluding carboxylic acids is 1. The quantitative estimate of drug-likeness (QED) is 0.256. The van der Waals surface area contributed by atoms with Gasteiger partial charge in [0.15, 0.2) is 5.96 Å². The summed E-state index contributed by atoms with van der Waals surface area (Å²) in [5.41, 5.74) is 0. The fourth-order valence-corrected chi connectivity index (χ4v) is 2.41. The molecule has 1 heterocycles. The molecule has 0 aromatic heterocycles. The van der Waals surface area contributed by atoms with Gasteiger partial charge in [0.05, 0.1) is 0 Å². The maximum Gasteiger partial charge on any atom is 0.220 e. The number of aliphatic imine (C=N–C) groups is 1. The van der Waals surface area contributed by atoms with Gasteiger partial charge in [0.1, 0.15) is 0 Å². The molecule has 0 bridgehead atoms. The fraction of sp³-hybridized carbons (Fsp3) is 0.846. The van der Waals surface area contributed by atoms with Crippen LogP contribution in [0.2, 0.25) is 0 Å². The molecule has 0 aromatic carbocycles. The summed E-state index contributed by atoms with van der Waals surface area (Å²) in [5, 5.41) is 9.52. The van der Waals surface area contributed by atoms with Gasteiger partial charge < -0.3 is 16.0 Å². The van der Waals surface area contributed by atoms with Gasteiger partial charge in [-0.1, -0.05) is 0 Å². The first-order chi connectivity index (χ1) is 9.26. The van der Waals surface area contributed by atoms with Crippen LogP contribution in [0, 0.1) is 0 Å². The maximum atomic E-state index is 11.1. The number of hydrogen-bond donors (Lipinski definition) is 3. The van der Waals surface area contributed by atoms with E-state index in [2.05, 4.69) is 34.1 Å². The predicted molar refractivity (Wildman–Crippen MR) is 98.2 cm³/mol. The zero-order chi connectivity index (χ0) is 13.9. The normalized spacial score (nSPS) is 19.0. The molecule has 1 aliphatic heterocycles. The Kier molecular flexibility index (Phi) is 12.4. The van der Waals surface area contributed by atoms with Crippen LogP contribution in [0.1, 0.15) is 32.6 Å². The molecule has 1 rings (SSSR count). The molecule has 1 amide bonds. The Labute approximate surface area is 143 Å². The van der Waals surface area contributed by atoms with E-state index in [0.29, 0.717) is 19.0 Å². The third-order valence-electron chi connectivity index (χ3n) is 2.98. The van der Waals surface area contributed by atoms with E-state index in [-0.39, 0.29) is 29.9 Å². The Morgan fingerprint density at radius 3 is 2.90 bits per heavy atom. The second kappa shape index (κ2) is 12.6. The second-order valence-corrected chi connectivity index (χ2v) is 5.63. The van der Waals surface area contributed by atoms with Crippen molar-refractivity contribution in [1.82, 2.24) is 16.0 Å². The maximum absolute atomic E-state index is 11.1. The van der Waals surface area contributed by atoms with Gasteiger partial charge >= 0.3 is 0 Å². The van der Waals surface area contributed by atoms with E-state index < -0.39 is 0 Å². The number of thioether (sulfide) groups is 1. The van der Waals surface area contributed by atoms with Gasteiger partial charge in [0.25, 0.3) is 0 Å². The highest BCUT2D eigenvalue weighted by Crippen LogP contribution is 2.03. The van der Waals surface area contributed by atoms with E-state index in [0.717, 1.165) is 31.9 Å². The first-order valence-corrected chi connectivity index (χ1v) is 8.46. The SMILES string of the molecule is CCNC(=NCCCCSC)NC1CCC(=O)NC1.I. The number of rotatable bonds is 7. The molecule has 1 saturated heterocycles. The van der Waals surface area contributed by atoms with Crippen LogP contribution in [0.5, 0.6) is 0 Å². The molecule has 3 N–H and O–H groups in total. The van der Waals surface area contributed by atoms with Crippen LogP contribution in [0.15, 0.2) is 4.99 Å². The molecule has 0 spiro atoms. The van der Waals surface area contributed by atoms with Gasteiger partial charge in [-0.05, 0) is 38.2 Å². The van der Waals surface area contributed by atoms with E-state index in [1.807, 2.05) is 11.8 Å². The lowest BCUT2D eigenvalue weighted by Gasteiger charge is -2.25. The molecule has 20 heavy (non-hydrogen) atoms. The average molecular weight is 414 g/mol. The minimum atomic E-state index is 0. The van der Waals surface area contributed by atoms with Crippen molar-refractivity contribution in [2.24, 2.45) is 4.99 Å². The Morgan fingerprint density at radius 1 is 1.50 bits per heavy atom. The van der Waals surface area contributed by atoms with Crippen molar-refractivity contribution in [3.05, 3.63) is 0 Å². The summed E-state index contributed by atoms with van der Waals surface area (Å²) in [6.45, 7) is 4.47. The Hall–Kier alpha value is -0.180. The molecule has 0 saturated carbocycles. The van der Waals surface area contributed by atoms with Crippen molar-refractivity contribution in [1.29, 1.82) is 0 Å². The monoisotopic (exact) mass is 414 g/mol. The minimum Gasteiger partial charge on any atom is -0.357 e. The third-order valence-corrected chi connectivity index (χ3v) is 3.67. The zero-order valence-electron chi connectivity index (χ0n) is 12.4. The van der Waals surface area contributed by atoms with Crippen molar-refractivity contribution in [2.45, 2.75) is 38.6 Å². The molecule has 1 fully saturated rings. The number of nitrogens with one attached hydrogen (secondary N) is 3. The van der Waals surface area contributed by atoms with Gasteiger partial charge in [0, 0.05) is 32.1 Å². The lowest BCUT2D eigenvalue weighted by molar-refractivity contribution is -0.122. The summed E-state index contributed by atoms with van der Waals surface area (Å²) in [7, 11) is 0. The topological polar surface area (TPSA) is 65.5 Å². The largest absolute Gasteiger partial charge is 0.357 e. The Balaban J connectivity index is 0.00000361. The standard InChI is InChI=1S/C13H26N4OS.HI/c1-3-14-13(15-8-4-5-9-19-2)17-11-6-7-12(18)16-10-11;/h11H,3-10H2,1-2H3,(H,16,18)(H2,14,15,17);1H. The van der Waals surface area contributed by atoms with Crippen LogP contribution >= 0.6 is 35.7 Å². The van der Waals surface area contributed by atoms with Crippen LogP contribution in [0.3, 0.4) is 0 Å². The highest BCUT2D eigenvalue weighted by Gasteiger charge is 2.18. The van der Waals surface area contributed by atoms with Crippen LogP contribution in [-0.2, 0) is 4.79 Å². The fourth-order valence-electron chi connectivity index (χ4n) is 1.92. The Morgan fingerprint density at radius 2 is 2.30 bits per heavy atom. The van der Waals surface area contributed by atoms with Crippen molar-refractivity contribution in [2.75, 3.05) is 31.6 Å². The molecule has 1 atom stereocenters. The number of nitrogens with zero attached hydrogens (tertiary/aromatic N) is 1. The molecule has 0 radical (unpaired) electrons. The van der Waals surface area contributed by atoms with E-state index in [1.165, 1.54) is 12.2 Å². The van der Waals surface area contributed by atoms with Crippen molar-refractivity contribution >= 4 is 47.6 Å². The number of guanidine groups is 1. The highest BCUT2D eigenvalue weighted by molar-refractivity contribution is 14.0. The van der Waals surface area contributed by atoms with Crippen LogP contribution in [0.25, 0.3) is 0 Å². The van der Waals surface area contributed by atoms with Gasteiger partial charge in [0.2, 0.25) is 5.91 Å². The predicted octanol–water partition coefficient (Wildman–Crippen LogP) is 1.58. The Bertz CT molecular complexity index is 292. The molecule has 5 nitrogen and oxygen atoms in total. The molecular weight excluding hydrogens is 387 g/mol. The van der Waals surface area contributed by atoms with Crippen molar-refractivity contribution in [3.63, 3.8) is 0 Å². The number of halogens is 1. The van der Waals surface area contributed by atoms with Crippen LogP contribution in [0.4, 0.5) is 0 Å². The minimum absolute atomic E-state index is 0. The summed E-state index contributed by atoms with van der Waals surface area (Å²) < 4.78 is 0. The van der Waals surface area contributed by atoms with Crippen LogP contribution < -0.4 is 16.0 Å². The smallest absolute Gasteiger partial charge is 0.220 e. The summed E-state index contributed by atoms with van der Waals surface area (Å²) in [5.74, 6) is 2.22. The van der Waals surface area contributed by atoms with Gasteiger partial charge in [-0.15, -0.1) is 24.0 Å². The highest BCUT2D eigenvalue weighted by atomic mass is 127. The molecule has 1 unspecified atom stereocenters. The van der Waals surface area contributed by atoms with E-state index in [4.69, 9.17) is 0 Å². The lowest BCUT2D eigenvalue weighted by Crippen LogP contribution is -2.51. The molecule has 0 aromatic rings. The summed E-state index contributed by atoms with van der Waals surface area (Å²) in [4.78, 5) is 15.7. The molecule has 118 valence electrons. The molecule has 1 aliphatic rings. The lowest BCUT2D eigenvalue weighted by atomic mass is 10.1. The third kappa shape index (κ3) is 8.89. The van der Waals surface area contributed by atoms with Gasteiger partial charge in [-0.2, -0.15) is 11.8 Å². The van der Waals surface area contributed by atoms with Gasteiger partial charge in [-0.3, -0.25) is 9.79 Å². The van der Waals surface area contributed by atoms with Crippen LogP contribution in [-0.4, -0.2) is 49.6 Å². The average Bonchev–Trinajstić information content (AvgIpc) is 2.41. The summed E-state index contributed by atoms with van der Waals surface area (Å²) >= 11 is 1.88. The molecular formula is C13H27IN4OS. The number of unbranched alkanes of at least 4 members (excludes halogenated alkanes) is 1. The molecule has 0 aliphatic carbocycles. The van der Waals surface area contributed by atoms with Crippen molar-refractivity contribution < 1.29 is 4.79 Å². The molecule has 7 heteroatoms. The summed E-state index contributed by atoms with van der Waals surface area (Å²) in [6.07, 6.45) is 5.95. The first-order valence-electron chi connectivity index (χ1n) is 7.06. The van der Waals surface area contributed by atoms with Gasteiger partial charge in [-0.25, -0.2) is 0 Å². The van der Waals surface area contributed by atoms with E-state index in [1.54, 1.807) is 0 Å². The summed E-state index contributed by atoms with van der Waals surface area (Å²) in [6, 6.07) is 0.293. The van der Waals surface area contributed by atoms with Crippen molar-refractivity contribution in [3.8, 4) is 0 Å². The number of carbonyl (C=O) groups is 1. The second-order valence-electron chi connectivity index (χ2n) is 4.64.